The highest BCUT2D eigenvalue weighted by Crippen LogP contribution is 2.55. The highest BCUT2D eigenvalue weighted by molar-refractivity contribution is 5.92. The van der Waals surface area contributed by atoms with E-state index < -0.39 is 0 Å². The van der Waals surface area contributed by atoms with Crippen LogP contribution in [-0.2, 0) is 6.42 Å². The minimum atomic E-state index is -0.173. The Labute approximate surface area is 166 Å². The molecule has 2 unspecified atom stereocenters. The van der Waals surface area contributed by atoms with Crippen molar-refractivity contribution in [2.45, 2.75) is 43.6 Å². The Balaban J connectivity index is 1.77. The molecule has 1 nitrogen and oxygen atoms in total. The third-order valence-corrected chi connectivity index (χ3v) is 7.29. The number of aryl methyl sites for hydroxylation is 1. The van der Waals surface area contributed by atoms with Gasteiger partial charge in [-0.15, -0.1) is 0 Å². The Morgan fingerprint density at radius 2 is 1.43 bits per heavy atom. The number of hydrogen-bond donors (Lipinski definition) is 1. The molecular weight excluding hydrogens is 338 g/mol. The van der Waals surface area contributed by atoms with Crippen molar-refractivity contribution in [3.05, 3.63) is 95.1 Å². The van der Waals surface area contributed by atoms with Gasteiger partial charge in [-0.1, -0.05) is 79.7 Å². The lowest BCUT2D eigenvalue weighted by molar-refractivity contribution is 0.275. The summed E-state index contributed by atoms with van der Waals surface area (Å²) in [5.41, 5.74) is 13.0. The van der Waals surface area contributed by atoms with Gasteiger partial charge in [-0.25, -0.2) is 0 Å². The summed E-state index contributed by atoms with van der Waals surface area (Å²) in [4.78, 5) is 0. The molecule has 28 heavy (non-hydrogen) atoms. The van der Waals surface area contributed by atoms with Crippen LogP contribution in [0.4, 0.5) is 0 Å². The van der Waals surface area contributed by atoms with Gasteiger partial charge in [0.15, 0.2) is 0 Å². The maximum Gasteiger partial charge on any atom is 0.0288 e. The number of fused-ring (bicyclic) bond motifs is 9. The van der Waals surface area contributed by atoms with Crippen molar-refractivity contribution in [2.75, 3.05) is 0 Å². The zero-order valence-electron chi connectivity index (χ0n) is 16.3. The van der Waals surface area contributed by atoms with Crippen LogP contribution in [-0.4, -0.2) is 5.54 Å². The van der Waals surface area contributed by atoms with E-state index >= 15 is 0 Å². The highest BCUT2D eigenvalue weighted by Gasteiger charge is 2.47. The summed E-state index contributed by atoms with van der Waals surface area (Å²) >= 11 is 0. The zero-order chi connectivity index (χ0) is 18.9. The second-order valence-corrected chi connectivity index (χ2v) is 8.92. The molecule has 1 heteroatoms. The SMILES string of the molecule is CC1C[C@@]2(N)CCc3ccc4ccccc4c3C2c2c1ccc1ccccc21. The predicted molar refractivity (Wildman–Crippen MR) is 118 cm³/mol. The van der Waals surface area contributed by atoms with Gasteiger partial charge in [0.05, 0.1) is 0 Å². The van der Waals surface area contributed by atoms with E-state index in [1.165, 1.54) is 43.8 Å². The lowest BCUT2D eigenvalue weighted by Gasteiger charge is -2.49. The topological polar surface area (TPSA) is 26.0 Å². The van der Waals surface area contributed by atoms with E-state index in [2.05, 4.69) is 79.7 Å². The molecule has 0 heterocycles. The number of nitrogens with two attached hydrogens (primary N) is 1. The summed E-state index contributed by atoms with van der Waals surface area (Å²) in [5.74, 6) is 0.761. The van der Waals surface area contributed by atoms with Crippen molar-refractivity contribution in [3.63, 3.8) is 0 Å². The van der Waals surface area contributed by atoms with E-state index in [9.17, 15) is 0 Å². The van der Waals surface area contributed by atoms with Crippen LogP contribution >= 0.6 is 0 Å². The number of hydrogen-bond acceptors (Lipinski definition) is 1. The molecule has 0 saturated carbocycles. The monoisotopic (exact) mass is 363 g/mol. The molecule has 0 bridgehead atoms. The van der Waals surface area contributed by atoms with Gasteiger partial charge in [0.2, 0.25) is 0 Å². The zero-order valence-corrected chi connectivity index (χ0v) is 16.3. The molecule has 0 spiro atoms. The fourth-order valence-electron chi connectivity index (χ4n) is 6.09. The molecular formula is C27H25N. The largest absolute Gasteiger partial charge is 0.324 e. The van der Waals surface area contributed by atoms with Gasteiger partial charge in [-0.2, -0.15) is 0 Å². The van der Waals surface area contributed by atoms with Gasteiger partial charge in [0.1, 0.15) is 0 Å². The summed E-state index contributed by atoms with van der Waals surface area (Å²) in [5, 5.41) is 5.41. The summed E-state index contributed by atoms with van der Waals surface area (Å²) in [7, 11) is 0. The van der Waals surface area contributed by atoms with E-state index in [4.69, 9.17) is 5.73 Å². The lowest BCUT2D eigenvalue weighted by atomic mass is 9.58. The van der Waals surface area contributed by atoms with E-state index in [0.717, 1.165) is 19.3 Å². The average molecular weight is 364 g/mol. The molecule has 6 rings (SSSR count). The van der Waals surface area contributed by atoms with Crippen molar-refractivity contribution >= 4 is 21.5 Å². The van der Waals surface area contributed by atoms with Crippen molar-refractivity contribution in [2.24, 2.45) is 5.73 Å². The van der Waals surface area contributed by atoms with Crippen LogP contribution in [0.25, 0.3) is 21.5 Å². The Morgan fingerprint density at radius 3 is 2.18 bits per heavy atom. The van der Waals surface area contributed by atoms with Crippen LogP contribution in [0, 0.1) is 0 Å². The van der Waals surface area contributed by atoms with Gasteiger partial charge in [0, 0.05) is 11.5 Å². The molecule has 2 N–H and O–H groups in total. The molecule has 0 aliphatic heterocycles. The fraction of sp³-hybridized carbons (Fsp3) is 0.259. The van der Waals surface area contributed by atoms with E-state index in [1.807, 2.05) is 0 Å². The van der Waals surface area contributed by atoms with Crippen LogP contribution in [0.2, 0.25) is 0 Å². The maximum absolute atomic E-state index is 7.27. The highest BCUT2D eigenvalue weighted by atomic mass is 14.8. The molecule has 138 valence electrons. The molecule has 0 amide bonds. The van der Waals surface area contributed by atoms with Crippen LogP contribution in [0.15, 0.2) is 72.8 Å². The first-order valence-corrected chi connectivity index (χ1v) is 10.5. The predicted octanol–water partition coefficient (Wildman–Crippen LogP) is 6.28. The summed E-state index contributed by atoms with van der Waals surface area (Å²) in [6.07, 6.45) is 3.21. The minimum Gasteiger partial charge on any atom is -0.324 e. The van der Waals surface area contributed by atoms with Crippen molar-refractivity contribution in [1.29, 1.82) is 0 Å². The first-order valence-electron chi connectivity index (χ1n) is 10.5. The smallest absolute Gasteiger partial charge is 0.0288 e. The molecule has 4 aromatic carbocycles. The van der Waals surface area contributed by atoms with E-state index in [-0.39, 0.29) is 11.5 Å². The van der Waals surface area contributed by atoms with Gasteiger partial charge in [-0.3, -0.25) is 0 Å². The Hall–Kier alpha value is -2.64. The third-order valence-electron chi connectivity index (χ3n) is 7.29. The van der Waals surface area contributed by atoms with Crippen molar-refractivity contribution in [3.8, 4) is 0 Å². The van der Waals surface area contributed by atoms with Crippen LogP contribution in [0.1, 0.15) is 53.9 Å². The maximum atomic E-state index is 7.27. The molecule has 3 atom stereocenters. The first-order chi connectivity index (χ1) is 13.7. The second kappa shape index (κ2) is 5.68. The molecule has 4 aromatic rings. The van der Waals surface area contributed by atoms with Crippen molar-refractivity contribution in [1.82, 2.24) is 0 Å². The normalized spacial score (nSPS) is 25.9. The molecule has 2 aliphatic carbocycles. The molecule has 0 saturated heterocycles. The molecule has 0 radical (unpaired) electrons. The Bertz CT molecular complexity index is 1240. The Kier molecular flexibility index (Phi) is 3.31. The molecule has 0 fully saturated rings. The lowest BCUT2D eigenvalue weighted by Crippen LogP contribution is -2.52. The number of benzene rings is 4. The van der Waals surface area contributed by atoms with Crippen LogP contribution in [0.3, 0.4) is 0 Å². The van der Waals surface area contributed by atoms with Crippen LogP contribution in [0.5, 0.6) is 0 Å². The van der Waals surface area contributed by atoms with Gasteiger partial charge >= 0.3 is 0 Å². The van der Waals surface area contributed by atoms with Crippen molar-refractivity contribution < 1.29 is 0 Å². The Morgan fingerprint density at radius 1 is 0.786 bits per heavy atom. The summed E-state index contributed by atoms with van der Waals surface area (Å²) in [6.45, 7) is 2.36. The average Bonchev–Trinajstić information content (AvgIpc) is 2.72. The fourth-order valence-corrected chi connectivity index (χ4v) is 6.09. The summed E-state index contributed by atoms with van der Waals surface area (Å²) in [6, 6.07) is 27.0. The molecule has 2 aliphatic rings. The third kappa shape index (κ3) is 2.11. The van der Waals surface area contributed by atoms with E-state index in [1.54, 1.807) is 0 Å². The second-order valence-electron chi connectivity index (χ2n) is 8.92. The van der Waals surface area contributed by atoms with Gasteiger partial charge < -0.3 is 5.73 Å². The minimum absolute atomic E-state index is 0.173. The number of rotatable bonds is 0. The first kappa shape index (κ1) is 16.3. The van der Waals surface area contributed by atoms with Gasteiger partial charge in [-0.05, 0) is 69.0 Å². The van der Waals surface area contributed by atoms with Crippen LogP contribution < -0.4 is 5.73 Å². The van der Waals surface area contributed by atoms with Gasteiger partial charge in [0.25, 0.3) is 0 Å². The summed E-state index contributed by atoms with van der Waals surface area (Å²) < 4.78 is 0. The van der Waals surface area contributed by atoms with E-state index in [0.29, 0.717) is 5.92 Å². The standard InChI is InChI=1S/C27H25N/c1-17-16-27(28)15-14-20-11-10-18-6-2-4-8-22(18)24(20)26(27)25-21(17)13-12-19-7-3-5-9-23(19)25/h2-13,17,26H,14-16,28H2,1H3/t17?,26?,27-/m0/s1. The molecule has 0 aromatic heterocycles. The quantitative estimate of drug-likeness (QED) is 0.391.